The Hall–Kier alpha value is -0.690. The number of nitrogens with zero attached hydrogens (tertiary/aromatic N) is 1. The van der Waals surface area contributed by atoms with Gasteiger partial charge in [0, 0.05) is 11.3 Å². The summed E-state index contributed by atoms with van der Waals surface area (Å²) in [7, 11) is 0. The van der Waals surface area contributed by atoms with Crippen LogP contribution in [-0.4, -0.2) is 23.0 Å². The molecule has 0 saturated heterocycles. The second kappa shape index (κ2) is 8.56. The second-order valence-corrected chi connectivity index (χ2v) is 7.21. The molecule has 4 heteroatoms. The zero-order chi connectivity index (χ0) is 15.0. The molecule has 0 radical (unpaired) electrons. The maximum absolute atomic E-state index is 12.6. The van der Waals surface area contributed by atoms with E-state index in [-0.39, 0.29) is 11.9 Å². The summed E-state index contributed by atoms with van der Waals surface area (Å²) < 4.78 is 0. The first-order valence-electron chi connectivity index (χ1n) is 7.97. The van der Waals surface area contributed by atoms with E-state index in [9.17, 15) is 10.1 Å². The molecule has 114 valence electrons. The van der Waals surface area contributed by atoms with Gasteiger partial charge in [-0.25, -0.2) is 0 Å². The van der Waals surface area contributed by atoms with Crippen molar-refractivity contribution in [2.24, 2.45) is 5.41 Å². The first-order valence-corrected chi connectivity index (χ1v) is 9.02. The Bertz CT molecular complexity index is 345. The Labute approximate surface area is 127 Å². The molecule has 2 atom stereocenters. The van der Waals surface area contributed by atoms with Crippen LogP contribution in [0.4, 0.5) is 0 Å². The largest absolute Gasteiger partial charge is 0.351 e. The first kappa shape index (κ1) is 17.4. The number of nitriles is 1. The molecule has 2 unspecified atom stereocenters. The van der Waals surface area contributed by atoms with Crippen molar-refractivity contribution in [3.8, 4) is 6.07 Å². The Kier molecular flexibility index (Phi) is 7.43. The van der Waals surface area contributed by atoms with Crippen molar-refractivity contribution in [3.05, 3.63) is 0 Å². The van der Waals surface area contributed by atoms with Gasteiger partial charge in [-0.3, -0.25) is 4.79 Å². The Morgan fingerprint density at radius 2 is 1.95 bits per heavy atom. The summed E-state index contributed by atoms with van der Waals surface area (Å²) in [6.07, 6.45) is 6.51. The van der Waals surface area contributed by atoms with Gasteiger partial charge in [-0.15, -0.1) is 0 Å². The third-order valence-corrected chi connectivity index (χ3v) is 5.48. The van der Waals surface area contributed by atoms with Crippen LogP contribution in [0.15, 0.2) is 0 Å². The van der Waals surface area contributed by atoms with Crippen LogP contribution in [0.3, 0.4) is 0 Å². The highest BCUT2D eigenvalue weighted by Crippen LogP contribution is 2.33. The van der Waals surface area contributed by atoms with Gasteiger partial charge < -0.3 is 5.32 Å². The molecular weight excluding hydrogens is 268 g/mol. The molecule has 1 rings (SSSR count). The number of hydrogen-bond donors (Lipinski definition) is 1. The molecule has 0 bridgehead atoms. The molecular formula is C16H28N2OS. The van der Waals surface area contributed by atoms with Crippen LogP contribution in [0.25, 0.3) is 0 Å². The molecule has 1 N–H and O–H groups in total. The Morgan fingerprint density at radius 1 is 1.30 bits per heavy atom. The molecule has 0 aromatic heterocycles. The fourth-order valence-electron chi connectivity index (χ4n) is 3.18. The molecule has 1 fully saturated rings. The van der Waals surface area contributed by atoms with Gasteiger partial charge in [0.05, 0.1) is 6.07 Å². The average molecular weight is 296 g/mol. The Morgan fingerprint density at radius 3 is 2.45 bits per heavy atom. The highest BCUT2D eigenvalue weighted by molar-refractivity contribution is 7.99. The molecule has 1 saturated carbocycles. The van der Waals surface area contributed by atoms with Crippen LogP contribution >= 0.6 is 11.8 Å². The number of rotatable bonds is 8. The quantitative estimate of drug-likeness (QED) is 0.739. The molecule has 0 aromatic carbocycles. The van der Waals surface area contributed by atoms with Gasteiger partial charge in [0.25, 0.3) is 0 Å². The number of hydrogen-bond acceptors (Lipinski definition) is 3. The summed E-state index contributed by atoms with van der Waals surface area (Å²) in [5, 5.41) is 13.3. The lowest BCUT2D eigenvalue weighted by atomic mass is 9.79. The van der Waals surface area contributed by atoms with Crippen LogP contribution in [0.1, 0.15) is 65.7 Å². The second-order valence-electron chi connectivity index (χ2n) is 5.70. The molecule has 1 aliphatic carbocycles. The third kappa shape index (κ3) is 4.15. The summed E-state index contributed by atoms with van der Waals surface area (Å²) in [4.78, 5) is 12.6. The van der Waals surface area contributed by atoms with Gasteiger partial charge in [0.15, 0.2) is 0 Å². The standard InChI is InChI=1S/C16H28N2OS/c1-4-10-16(12-17,11-5-2)15(19)18-13-8-7-9-14(13)20-6-3/h13-14H,4-11H2,1-3H3,(H,18,19). The van der Waals surface area contributed by atoms with Gasteiger partial charge >= 0.3 is 0 Å². The van der Waals surface area contributed by atoms with E-state index in [0.717, 1.165) is 25.0 Å². The van der Waals surface area contributed by atoms with Gasteiger partial charge in [-0.2, -0.15) is 17.0 Å². The third-order valence-electron chi connectivity index (χ3n) is 4.15. The van der Waals surface area contributed by atoms with Crippen molar-refractivity contribution in [2.75, 3.05) is 5.75 Å². The van der Waals surface area contributed by atoms with E-state index in [1.54, 1.807) is 0 Å². The van der Waals surface area contributed by atoms with E-state index in [2.05, 4.69) is 18.3 Å². The van der Waals surface area contributed by atoms with E-state index in [1.165, 1.54) is 12.8 Å². The highest BCUT2D eigenvalue weighted by Gasteiger charge is 2.39. The lowest BCUT2D eigenvalue weighted by Gasteiger charge is -2.28. The maximum atomic E-state index is 12.6. The van der Waals surface area contributed by atoms with Crippen molar-refractivity contribution in [2.45, 2.75) is 77.0 Å². The molecule has 0 spiro atoms. The van der Waals surface area contributed by atoms with Crippen LogP contribution in [-0.2, 0) is 4.79 Å². The number of carbonyl (C=O) groups excluding carboxylic acids is 1. The fraction of sp³-hybridized carbons (Fsp3) is 0.875. The molecule has 0 aliphatic heterocycles. The van der Waals surface area contributed by atoms with Crippen LogP contribution in [0.5, 0.6) is 0 Å². The molecule has 1 amide bonds. The van der Waals surface area contributed by atoms with E-state index in [4.69, 9.17) is 0 Å². The molecule has 3 nitrogen and oxygen atoms in total. The lowest BCUT2D eigenvalue weighted by molar-refractivity contribution is -0.129. The zero-order valence-electron chi connectivity index (χ0n) is 13.1. The lowest BCUT2D eigenvalue weighted by Crippen LogP contribution is -2.47. The van der Waals surface area contributed by atoms with Crippen LogP contribution in [0.2, 0.25) is 0 Å². The van der Waals surface area contributed by atoms with E-state index in [0.29, 0.717) is 18.1 Å². The predicted molar refractivity (Wildman–Crippen MR) is 85.6 cm³/mol. The highest BCUT2D eigenvalue weighted by atomic mass is 32.2. The van der Waals surface area contributed by atoms with Crippen LogP contribution < -0.4 is 5.32 Å². The minimum Gasteiger partial charge on any atom is -0.351 e. The number of carbonyl (C=O) groups is 1. The smallest absolute Gasteiger partial charge is 0.240 e. The molecule has 0 heterocycles. The summed E-state index contributed by atoms with van der Waals surface area (Å²) in [5.74, 6) is 1.06. The number of amides is 1. The monoisotopic (exact) mass is 296 g/mol. The van der Waals surface area contributed by atoms with Gasteiger partial charge in [0.1, 0.15) is 5.41 Å². The topological polar surface area (TPSA) is 52.9 Å². The molecule has 20 heavy (non-hydrogen) atoms. The number of nitrogens with one attached hydrogen (secondary N) is 1. The minimum absolute atomic E-state index is 0.0303. The molecule has 0 aromatic rings. The van der Waals surface area contributed by atoms with E-state index < -0.39 is 5.41 Å². The summed E-state index contributed by atoms with van der Waals surface area (Å²) in [6.45, 7) is 6.25. The van der Waals surface area contributed by atoms with Crippen molar-refractivity contribution >= 4 is 17.7 Å². The van der Waals surface area contributed by atoms with Crippen LogP contribution in [0, 0.1) is 16.7 Å². The minimum atomic E-state index is -0.812. The molecule has 1 aliphatic rings. The summed E-state index contributed by atoms with van der Waals surface area (Å²) >= 11 is 1.94. The Balaban J connectivity index is 2.73. The maximum Gasteiger partial charge on any atom is 0.240 e. The predicted octanol–water partition coefficient (Wildman–Crippen LogP) is 3.89. The van der Waals surface area contributed by atoms with Crippen molar-refractivity contribution in [3.63, 3.8) is 0 Å². The van der Waals surface area contributed by atoms with Crippen molar-refractivity contribution < 1.29 is 4.79 Å². The van der Waals surface area contributed by atoms with Gasteiger partial charge in [-0.1, -0.05) is 40.0 Å². The van der Waals surface area contributed by atoms with E-state index in [1.807, 2.05) is 25.6 Å². The van der Waals surface area contributed by atoms with Crippen molar-refractivity contribution in [1.82, 2.24) is 5.32 Å². The zero-order valence-corrected chi connectivity index (χ0v) is 13.9. The summed E-state index contributed by atoms with van der Waals surface area (Å²) in [5.41, 5.74) is -0.812. The van der Waals surface area contributed by atoms with Crippen molar-refractivity contribution in [1.29, 1.82) is 5.26 Å². The van der Waals surface area contributed by atoms with Gasteiger partial charge in [-0.05, 0) is 31.4 Å². The fourth-order valence-corrected chi connectivity index (χ4v) is 4.38. The number of thioether (sulfide) groups is 1. The van der Waals surface area contributed by atoms with Gasteiger partial charge in [0.2, 0.25) is 5.91 Å². The first-order chi connectivity index (χ1) is 9.63. The SMILES string of the molecule is CCCC(C#N)(CCC)C(=O)NC1CCCC1SCC. The average Bonchev–Trinajstić information content (AvgIpc) is 2.86. The summed E-state index contributed by atoms with van der Waals surface area (Å²) in [6, 6.07) is 2.58. The normalized spacial score (nSPS) is 22.5. The van der Waals surface area contributed by atoms with E-state index >= 15 is 0 Å².